The van der Waals surface area contributed by atoms with Gasteiger partial charge in [0.1, 0.15) is 17.9 Å². The van der Waals surface area contributed by atoms with E-state index in [2.05, 4.69) is 0 Å². The Bertz CT molecular complexity index is 944. The Hall–Kier alpha value is -3.22. The number of para-hydroxylation sites is 2. The van der Waals surface area contributed by atoms with Crippen LogP contribution in [0, 0.1) is 0 Å². The molecule has 3 aliphatic rings. The van der Waals surface area contributed by atoms with E-state index >= 15 is 0 Å². The minimum atomic E-state index is -0.550. The van der Waals surface area contributed by atoms with Crippen LogP contribution in [-0.2, 0) is 4.79 Å². The maximum atomic E-state index is 13.1. The molecule has 0 spiro atoms. The number of likely N-dealkylation sites (N-methyl/N-ethyl adjacent to an activating group) is 1. The van der Waals surface area contributed by atoms with E-state index in [4.69, 9.17) is 14.2 Å². The van der Waals surface area contributed by atoms with E-state index in [-0.39, 0.29) is 24.7 Å². The van der Waals surface area contributed by atoms with Gasteiger partial charge >= 0.3 is 0 Å². The van der Waals surface area contributed by atoms with Crippen molar-refractivity contribution in [2.24, 2.45) is 0 Å². The number of ether oxygens (including phenoxy) is 3. The van der Waals surface area contributed by atoms with Crippen LogP contribution >= 0.6 is 0 Å². The van der Waals surface area contributed by atoms with Crippen molar-refractivity contribution in [1.29, 1.82) is 0 Å². The minimum Gasteiger partial charge on any atom is -0.486 e. The third kappa shape index (κ3) is 2.50. The predicted octanol–water partition coefficient (Wildman–Crippen LogP) is 2.05. The average molecular weight is 366 g/mol. The molecule has 7 heteroatoms. The number of carbonyl (C=O) groups excluding carboxylic acids is 2. The second kappa shape index (κ2) is 5.90. The molecule has 0 saturated carbocycles. The van der Waals surface area contributed by atoms with Crippen LogP contribution in [0.5, 0.6) is 17.2 Å². The molecule has 7 nitrogen and oxygen atoms in total. The van der Waals surface area contributed by atoms with Crippen LogP contribution in [-0.4, -0.2) is 49.2 Å². The normalized spacial score (nSPS) is 22.8. The van der Waals surface area contributed by atoms with Crippen molar-refractivity contribution in [3.05, 3.63) is 48.0 Å². The number of amides is 2. The summed E-state index contributed by atoms with van der Waals surface area (Å²) in [6.45, 7) is 0.516. The van der Waals surface area contributed by atoms with Crippen LogP contribution in [0.3, 0.4) is 0 Å². The van der Waals surface area contributed by atoms with Crippen LogP contribution in [0.4, 0.5) is 5.69 Å². The number of hydrogen-bond acceptors (Lipinski definition) is 5. The van der Waals surface area contributed by atoms with E-state index < -0.39 is 6.04 Å². The molecule has 1 saturated heterocycles. The maximum Gasteiger partial charge on any atom is 0.254 e. The summed E-state index contributed by atoms with van der Waals surface area (Å²) in [5.74, 6) is 1.51. The molecule has 0 aromatic heterocycles. The molecule has 5 rings (SSSR count). The van der Waals surface area contributed by atoms with Crippen molar-refractivity contribution >= 4 is 17.5 Å². The molecule has 3 aliphatic heterocycles. The number of anilines is 1. The largest absolute Gasteiger partial charge is 0.486 e. The zero-order valence-electron chi connectivity index (χ0n) is 14.8. The number of carbonyl (C=O) groups is 2. The number of rotatable bonds is 1. The van der Waals surface area contributed by atoms with Gasteiger partial charge in [-0.1, -0.05) is 12.1 Å². The van der Waals surface area contributed by atoms with Crippen molar-refractivity contribution in [2.45, 2.75) is 18.6 Å². The molecule has 138 valence electrons. The van der Waals surface area contributed by atoms with E-state index in [9.17, 15) is 9.59 Å². The first kappa shape index (κ1) is 16.0. The zero-order valence-corrected chi connectivity index (χ0v) is 14.8. The van der Waals surface area contributed by atoms with Gasteiger partial charge in [0.15, 0.2) is 11.5 Å². The maximum absolute atomic E-state index is 13.1. The average Bonchev–Trinajstić information content (AvgIpc) is 3.32. The molecule has 2 aromatic rings. The van der Waals surface area contributed by atoms with Gasteiger partial charge in [-0.25, -0.2) is 0 Å². The molecule has 3 heterocycles. The van der Waals surface area contributed by atoms with Gasteiger partial charge in [-0.2, -0.15) is 0 Å². The van der Waals surface area contributed by atoms with Crippen LogP contribution in [0.25, 0.3) is 0 Å². The van der Waals surface area contributed by atoms with E-state index in [1.807, 2.05) is 24.3 Å². The van der Waals surface area contributed by atoms with Crippen LogP contribution in [0.15, 0.2) is 42.5 Å². The standard InChI is InChI=1S/C20H18N2O5/c1-21-14-4-2-3-5-16(14)27-13-9-15(20(21)24)22(10-13)19(23)12-6-7-17-18(8-12)26-11-25-17/h2-8,13,15H,9-11H2,1H3. The smallest absolute Gasteiger partial charge is 0.254 e. The lowest BCUT2D eigenvalue weighted by atomic mass is 10.1. The Labute approximate surface area is 156 Å². The molecular weight excluding hydrogens is 348 g/mol. The second-order valence-corrected chi connectivity index (χ2v) is 6.88. The molecule has 0 aliphatic carbocycles. The minimum absolute atomic E-state index is 0.109. The molecule has 2 unspecified atom stereocenters. The van der Waals surface area contributed by atoms with Crippen molar-refractivity contribution in [3.63, 3.8) is 0 Å². The Morgan fingerprint density at radius 3 is 2.78 bits per heavy atom. The molecule has 0 radical (unpaired) electrons. The van der Waals surface area contributed by atoms with E-state index in [0.717, 1.165) is 5.69 Å². The topological polar surface area (TPSA) is 68.3 Å². The SMILES string of the molecule is CN1C(=O)C2CC(CN2C(=O)c2ccc3c(c2)OCO3)Oc2ccccc21. The summed E-state index contributed by atoms with van der Waals surface area (Å²) < 4.78 is 16.8. The highest BCUT2D eigenvalue weighted by Crippen LogP contribution is 2.37. The fourth-order valence-electron chi connectivity index (χ4n) is 3.89. The van der Waals surface area contributed by atoms with Crippen molar-refractivity contribution < 1.29 is 23.8 Å². The lowest BCUT2D eigenvalue weighted by molar-refractivity contribution is -0.122. The lowest BCUT2D eigenvalue weighted by Gasteiger charge is -2.29. The van der Waals surface area contributed by atoms with Crippen molar-refractivity contribution in [1.82, 2.24) is 4.90 Å². The molecule has 2 aromatic carbocycles. The fourth-order valence-corrected chi connectivity index (χ4v) is 3.89. The molecule has 2 atom stereocenters. The van der Waals surface area contributed by atoms with Gasteiger partial charge in [0.2, 0.25) is 12.7 Å². The first-order valence-electron chi connectivity index (χ1n) is 8.85. The van der Waals surface area contributed by atoms with Gasteiger partial charge in [-0.3, -0.25) is 9.59 Å². The summed E-state index contributed by atoms with van der Waals surface area (Å²) in [5, 5.41) is 0. The third-order valence-electron chi connectivity index (χ3n) is 5.28. The molecule has 27 heavy (non-hydrogen) atoms. The summed E-state index contributed by atoms with van der Waals surface area (Å²) in [6, 6.07) is 12.0. The van der Waals surface area contributed by atoms with Crippen LogP contribution in [0.1, 0.15) is 16.8 Å². The van der Waals surface area contributed by atoms with Crippen LogP contribution in [0.2, 0.25) is 0 Å². The van der Waals surface area contributed by atoms with E-state index in [1.54, 1.807) is 35.0 Å². The number of likely N-dealkylation sites (tertiary alicyclic amines) is 1. The summed E-state index contributed by atoms with van der Waals surface area (Å²) in [6.07, 6.45) is 0.264. The van der Waals surface area contributed by atoms with Crippen LogP contribution < -0.4 is 19.1 Å². The summed E-state index contributed by atoms with van der Waals surface area (Å²) in [5.41, 5.74) is 1.19. The quantitative estimate of drug-likeness (QED) is 0.773. The first-order valence-corrected chi connectivity index (χ1v) is 8.85. The first-order chi connectivity index (χ1) is 13.1. The molecular formula is C20H18N2O5. The Kier molecular flexibility index (Phi) is 3.50. The van der Waals surface area contributed by atoms with Gasteiger partial charge in [-0.05, 0) is 30.3 Å². The summed E-state index contributed by atoms with van der Waals surface area (Å²) >= 11 is 0. The van der Waals surface area contributed by atoms with Crippen molar-refractivity contribution in [3.8, 4) is 17.2 Å². The van der Waals surface area contributed by atoms with Gasteiger partial charge in [-0.15, -0.1) is 0 Å². The third-order valence-corrected chi connectivity index (χ3v) is 5.28. The number of fused-ring (bicyclic) bond motifs is 4. The lowest BCUT2D eigenvalue weighted by Crippen LogP contribution is -2.46. The van der Waals surface area contributed by atoms with Gasteiger partial charge in [0.05, 0.1) is 12.2 Å². The molecule has 1 fully saturated rings. The zero-order chi connectivity index (χ0) is 18.5. The molecule has 0 N–H and O–H groups in total. The van der Waals surface area contributed by atoms with E-state index in [1.165, 1.54) is 0 Å². The Morgan fingerprint density at radius 2 is 1.89 bits per heavy atom. The molecule has 2 bridgehead atoms. The highest BCUT2D eigenvalue weighted by Gasteiger charge is 2.44. The molecule has 2 amide bonds. The van der Waals surface area contributed by atoms with Gasteiger partial charge in [0, 0.05) is 19.0 Å². The Morgan fingerprint density at radius 1 is 1.07 bits per heavy atom. The fraction of sp³-hybridized carbons (Fsp3) is 0.300. The summed E-state index contributed by atoms with van der Waals surface area (Å²) in [7, 11) is 1.71. The number of nitrogens with zero attached hydrogens (tertiary/aromatic N) is 2. The summed E-state index contributed by atoms with van der Waals surface area (Å²) in [4.78, 5) is 29.4. The predicted molar refractivity (Wildman–Crippen MR) is 96.3 cm³/mol. The highest BCUT2D eigenvalue weighted by molar-refractivity contribution is 6.03. The Balaban J connectivity index is 1.47. The second-order valence-electron chi connectivity index (χ2n) is 6.88. The number of hydrogen-bond donors (Lipinski definition) is 0. The monoisotopic (exact) mass is 366 g/mol. The van der Waals surface area contributed by atoms with Gasteiger partial charge in [0.25, 0.3) is 5.91 Å². The van der Waals surface area contributed by atoms with Crippen molar-refractivity contribution in [2.75, 3.05) is 25.3 Å². The highest BCUT2D eigenvalue weighted by atomic mass is 16.7. The number of benzene rings is 2. The van der Waals surface area contributed by atoms with Gasteiger partial charge < -0.3 is 24.0 Å². The van der Waals surface area contributed by atoms with E-state index in [0.29, 0.717) is 35.8 Å².